The number of aryl methyl sites for hydroxylation is 1. The van der Waals surface area contributed by atoms with Gasteiger partial charge in [0.05, 0.1) is 34.6 Å². The fourth-order valence-corrected chi connectivity index (χ4v) is 5.69. The summed E-state index contributed by atoms with van der Waals surface area (Å²) in [6.45, 7) is 3.42. The van der Waals surface area contributed by atoms with Gasteiger partial charge in [0, 0.05) is 17.0 Å². The van der Waals surface area contributed by atoms with E-state index in [9.17, 15) is 13.2 Å². The van der Waals surface area contributed by atoms with Gasteiger partial charge in [-0.2, -0.15) is 5.10 Å². The Kier molecular flexibility index (Phi) is 8.19. The quantitative estimate of drug-likeness (QED) is 0.232. The van der Waals surface area contributed by atoms with Crippen molar-refractivity contribution in [3.05, 3.63) is 107 Å². The van der Waals surface area contributed by atoms with Gasteiger partial charge in [0.2, 0.25) is 0 Å². The minimum Gasteiger partial charge on any atom is -0.497 e. The number of anilines is 1. The molecule has 8 nitrogen and oxygen atoms in total. The molecule has 1 heterocycles. The number of rotatable bonds is 9. The highest BCUT2D eigenvalue weighted by atomic mass is 35.5. The normalized spacial score (nSPS) is 11.5. The highest BCUT2D eigenvalue weighted by Crippen LogP contribution is 2.26. The summed E-state index contributed by atoms with van der Waals surface area (Å²) < 4.78 is 35.1. The van der Waals surface area contributed by atoms with Gasteiger partial charge in [-0.15, -0.1) is 0 Å². The first-order valence-corrected chi connectivity index (χ1v) is 13.5. The number of nitrogens with zero attached hydrogens (tertiary/aromatic N) is 3. The van der Waals surface area contributed by atoms with Crippen molar-refractivity contribution >= 4 is 39.4 Å². The first-order valence-electron chi connectivity index (χ1n) is 11.7. The molecule has 0 aliphatic carbocycles. The molecule has 1 N–H and O–H groups in total. The predicted octanol–water partition coefficient (Wildman–Crippen LogP) is 5.10. The van der Waals surface area contributed by atoms with Crippen LogP contribution in [0.5, 0.6) is 5.75 Å². The van der Waals surface area contributed by atoms with Crippen LogP contribution in [-0.2, 0) is 14.8 Å². The fourth-order valence-electron chi connectivity index (χ4n) is 4.05. The standard InChI is InChI=1S/C28H27ClN4O4S/c1-20-17-22(21(2)33(20)27-12-8-7-11-26(27)29)18-30-31-28(34)19-32(23-9-5-4-6-10-23)38(35,36)25-15-13-24(37-3)14-16-25/h4-18H,19H2,1-3H3,(H,31,34)/b30-18-. The lowest BCUT2D eigenvalue weighted by atomic mass is 10.2. The largest absolute Gasteiger partial charge is 0.497 e. The Morgan fingerprint density at radius 2 is 1.68 bits per heavy atom. The Labute approximate surface area is 227 Å². The zero-order valence-electron chi connectivity index (χ0n) is 21.1. The molecule has 4 aromatic rings. The molecule has 1 amide bonds. The number of benzene rings is 3. The molecule has 10 heteroatoms. The second-order valence-corrected chi connectivity index (χ2v) is 10.7. The maximum absolute atomic E-state index is 13.5. The molecule has 0 aliphatic heterocycles. The number of hydrazone groups is 1. The van der Waals surface area contributed by atoms with Crippen molar-refractivity contribution in [3.63, 3.8) is 0 Å². The number of carbonyl (C=O) groups excluding carboxylic acids is 1. The molecule has 3 aromatic carbocycles. The average Bonchev–Trinajstić information content (AvgIpc) is 3.20. The fraction of sp³-hybridized carbons (Fsp3) is 0.143. The predicted molar refractivity (Wildman–Crippen MR) is 150 cm³/mol. The summed E-state index contributed by atoms with van der Waals surface area (Å²) in [5.41, 5.74) is 6.27. The van der Waals surface area contributed by atoms with Crippen LogP contribution in [0.2, 0.25) is 5.02 Å². The van der Waals surface area contributed by atoms with Gasteiger partial charge in [-0.3, -0.25) is 9.10 Å². The van der Waals surface area contributed by atoms with Crippen LogP contribution in [0.4, 0.5) is 5.69 Å². The maximum Gasteiger partial charge on any atom is 0.264 e. The molecule has 0 saturated heterocycles. The third kappa shape index (κ3) is 5.74. The van der Waals surface area contributed by atoms with Crippen molar-refractivity contribution in [1.29, 1.82) is 0 Å². The van der Waals surface area contributed by atoms with Gasteiger partial charge in [-0.1, -0.05) is 41.9 Å². The average molecular weight is 551 g/mol. The molecule has 0 bridgehead atoms. The third-order valence-corrected chi connectivity index (χ3v) is 8.04. The Balaban J connectivity index is 1.54. The van der Waals surface area contributed by atoms with Crippen molar-refractivity contribution in [2.75, 3.05) is 18.0 Å². The molecule has 0 unspecified atom stereocenters. The van der Waals surface area contributed by atoms with Crippen LogP contribution >= 0.6 is 11.6 Å². The molecular weight excluding hydrogens is 524 g/mol. The van der Waals surface area contributed by atoms with E-state index in [2.05, 4.69) is 10.5 Å². The number of halogens is 1. The lowest BCUT2D eigenvalue weighted by molar-refractivity contribution is -0.119. The van der Waals surface area contributed by atoms with E-state index >= 15 is 0 Å². The number of carbonyl (C=O) groups is 1. The SMILES string of the molecule is COc1ccc(S(=O)(=O)N(CC(=O)N/N=C\c2cc(C)n(-c3ccccc3Cl)c2C)c2ccccc2)cc1. The minimum atomic E-state index is -4.05. The number of sulfonamides is 1. The number of para-hydroxylation sites is 2. The van der Waals surface area contributed by atoms with E-state index < -0.39 is 22.5 Å². The Bertz CT molecular complexity index is 1570. The van der Waals surface area contributed by atoms with E-state index in [1.807, 2.05) is 48.7 Å². The third-order valence-electron chi connectivity index (χ3n) is 5.94. The lowest BCUT2D eigenvalue weighted by Crippen LogP contribution is -2.39. The zero-order chi connectivity index (χ0) is 27.3. The number of aromatic nitrogens is 1. The van der Waals surface area contributed by atoms with Crippen molar-refractivity contribution in [2.24, 2.45) is 5.10 Å². The van der Waals surface area contributed by atoms with E-state index in [4.69, 9.17) is 16.3 Å². The smallest absolute Gasteiger partial charge is 0.264 e. The summed E-state index contributed by atoms with van der Waals surface area (Å²) in [5.74, 6) is -0.0710. The van der Waals surface area contributed by atoms with Crippen molar-refractivity contribution < 1.29 is 17.9 Å². The van der Waals surface area contributed by atoms with Crippen LogP contribution in [0.3, 0.4) is 0 Å². The molecular formula is C28H27ClN4O4S. The summed E-state index contributed by atoms with van der Waals surface area (Å²) in [5, 5.41) is 4.70. The van der Waals surface area contributed by atoms with Gasteiger partial charge in [-0.05, 0) is 68.4 Å². The lowest BCUT2D eigenvalue weighted by Gasteiger charge is -2.23. The first-order chi connectivity index (χ1) is 18.2. The number of ether oxygens (including phenoxy) is 1. The van der Waals surface area contributed by atoms with E-state index in [-0.39, 0.29) is 4.90 Å². The monoisotopic (exact) mass is 550 g/mol. The second-order valence-electron chi connectivity index (χ2n) is 8.43. The molecule has 0 fully saturated rings. The summed E-state index contributed by atoms with van der Waals surface area (Å²) in [7, 11) is -2.55. The molecule has 1 aromatic heterocycles. The van der Waals surface area contributed by atoms with Gasteiger partial charge < -0.3 is 9.30 Å². The van der Waals surface area contributed by atoms with Gasteiger partial charge in [0.25, 0.3) is 15.9 Å². The van der Waals surface area contributed by atoms with Crippen LogP contribution < -0.4 is 14.5 Å². The zero-order valence-corrected chi connectivity index (χ0v) is 22.7. The maximum atomic E-state index is 13.5. The number of amides is 1. The van der Waals surface area contributed by atoms with E-state index in [0.717, 1.165) is 26.9 Å². The highest BCUT2D eigenvalue weighted by molar-refractivity contribution is 7.92. The molecule has 0 spiro atoms. The van der Waals surface area contributed by atoms with Crippen LogP contribution in [0.15, 0.2) is 94.9 Å². The summed E-state index contributed by atoms with van der Waals surface area (Å²) in [6, 6.07) is 23.9. The molecule has 0 saturated carbocycles. The molecule has 196 valence electrons. The van der Waals surface area contributed by atoms with E-state index in [0.29, 0.717) is 16.5 Å². The number of hydrogen-bond acceptors (Lipinski definition) is 5. The Morgan fingerprint density at radius 1 is 1.03 bits per heavy atom. The van der Waals surface area contributed by atoms with E-state index in [1.165, 1.54) is 25.5 Å². The first kappa shape index (κ1) is 27.0. The second kappa shape index (κ2) is 11.5. The van der Waals surface area contributed by atoms with Gasteiger partial charge in [-0.25, -0.2) is 13.8 Å². The summed E-state index contributed by atoms with van der Waals surface area (Å²) in [4.78, 5) is 12.9. The van der Waals surface area contributed by atoms with Crippen molar-refractivity contribution in [1.82, 2.24) is 9.99 Å². The van der Waals surface area contributed by atoms with Crippen LogP contribution in [-0.4, -0.2) is 38.8 Å². The molecule has 0 atom stereocenters. The number of methoxy groups -OCH3 is 1. The van der Waals surface area contributed by atoms with Crippen molar-refractivity contribution in [2.45, 2.75) is 18.7 Å². The molecule has 0 aliphatic rings. The van der Waals surface area contributed by atoms with Crippen LogP contribution in [0.25, 0.3) is 5.69 Å². The summed E-state index contributed by atoms with van der Waals surface area (Å²) in [6.07, 6.45) is 1.53. The Hall–Kier alpha value is -4.08. The van der Waals surface area contributed by atoms with Crippen molar-refractivity contribution in [3.8, 4) is 11.4 Å². The molecule has 4 rings (SSSR count). The van der Waals surface area contributed by atoms with Gasteiger partial charge >= 0.3 is 0 Å². The van der Waals surface area contributed by atoms with Gasteiger partial charge in [0.1, 0.15) is 12.3 Å². The Morgan fingerprint density at radius 3 is 2.34 bits per heavy atom. The molecule has 38 heavy (non-hydrogen) atoms. The molecule has 0 radical (unpaired) electrons. The van der Waals surface area contributed by atoms with Crippen LogP contribution in [0.1, 0.15) is 17.0 Å². The highest BCUT2D eigenvalue weighted by Gasteiger charge is 2.27. The topological polar surface area (TPSA) is 93.0 Å². The summed E-state index contributed by atoms with van der Waals surface area (Å²) >= 11 is 6.38. The van der Waals surface area contributed by atoms with E-state index in [1.54, 1.807) is 42.5 Å². The minimum absolute atomic E-state index is 0.0328. The van der Waals surface area contributed by atoms with Crippen LogP contribution in [0, 0.1) is 13.8 Å². The number of hydrogen-bond donors (Lipinski definition) is 1. The van der Waals surface area contributed by atoms with Gasteiger partial charge in [0.15, 0.2) is 0 Å². The number of nitrogens with one attached hydrogen (secondary N) is 1.